The van der Waals surface area contributed by atoms with E-state index in [2.05, 4.69) is 10.3 Å². The number of rotatable bonds is 7. The number of halogens is 1. The quantitative estimate of drug-likeness (QED) is 0.344. The Hall–Kier alpha value is -3.16. The fraction of sp³-hybridized carbons (Fsp3) is 0.240. The van der Waals surface area contributed by atoms with Gasteiger partial charge in [0.15, 0.2) is 0 Å². The van der Waals surface area contributed by atoms with E-state index in [1.165, 1.54) is 11.3 Å². The third-order valence-corrected chi connectivity index (χ3v) is 6.73. The van der Waals surface area contributed by atoms with Crippen molar-refractivity contribution in [2.45, 2.75) is 34.1 Å². The maximum atomic E-state index is 13.0. The molecule has 0 aliphatic carbocycles. The number of benzene rings is 2. The van der Waals surface area contributed by atoms with E-state index < -0.39 is 0 Å². The van der Waals surface area contributed by atoms with E-state index in [0.717, 1.165) is 34.0 Å². The molecule has 0 atom stereocenters. The van der Waals surface area contributed by atoms with Crippen LogP contribution in [-0.4, -0.2) is 27.3 Å². The average Bonchev–Trinajstić information content (AvgIpc) is 3.31. The highest BCUT2D eigenvalue weighted by Gasteiger charge is 2.21. The minimum atomic E-state index is -0.216. The van der Waals surface area contributed by atoms with Crippen molar-refractivity contribution in [1.29, 1.82) is 0 Å². The van der Waals surface area contributed by atoms with Crippen molar-refractivity contribution >= 4 is 34.5 Å². The molecule has 4 aromatic rings. The third-order valence-electron chi connectivity index (χ3n) is 5.34. The molecule has 0 saturated heterocycles. The van der Waals surface area contributed by atoms with Crippen molar-refractivity contribution in [3.05, 3.63) is 86.6 Å². The lowest BCUT2D eigenvalue weighted by molar-refractivity contribution is 0.102. The van der Waals surface area contributed by atoms with E-state index in [0.29, 0.717) is 33.7 Å². The number of thiazole rings is 1. The molecular weight excluding hydrogens is 456 g/mol. The lowest BCUT2D eigenvalue weighted by atomic mass is 10.0. The van der Waals surface area contributed by atoms with Crippen LogP contribution in [0.4, 0.5) is 5.69 Å². The van der Waals surface area contributed by atoms with Gasteiger partial charge in [0, 0.05) is 22.7 Å². The van der Waals surface area contributed by atoms with Gasteiger partial charge in [0.25, 0.3) is 5.91 Å². The Kier molecular flexibility index (Phi) is 6.81. The summed E-state index contributed by atoms with van der Waals surface area (Å²) >= 11 is 7.34. The molecule has 0 unspecified atom stereocenters. The van der Waals surface area contributed by atoms with E-state index in [1.807, 2.05) is 80.9 Å². The molecule has 8 heteroatoms. The van der Waals surface area contributed by atoms with E-state index in [9.17, 15) is 4.79 Å². The SMILES string of the molecule is CCOc1ccccc1NC(=O)c1sc(-n2nc(C)c(Cc3ccc(Cl)cc3)c2C)nc1C. The zero-order chi connectivity index (χ0) is 23.5. The van der Waals surface area contributed by atoms with Gasteiger partial charge in [0.2, 0.25) is 5.13 Å². The predicted octanol–water partition coefficient (Wildman–Crippen LogP) is 6.15. The molecule has 6 nitrogen and oxygen atoms in total. The van der Waals surface area contributed by atoms with Crippen molar-refractivity contribution in [2.75, 3.05) is 11.9 Å². The Bertz CT molecular complexity index is 1290. The van der Waals surface area contributed by atoms with Crippen LogP contribution in [0.1, 0.15) is 44.8 Å². The van der Waals surface area contributed by atoms with Crippen LogP contribution in [-0.2, 0) is 6.42 Å². The number of ether oxygens (including phenoxy) is 1. The molecule has 1 amide bonds. The maximum absolute atomic E-state index is 13.0. The molecule has 1 N–H and O–H groups in total. The molecule has 0 fully saturated rings. The van der Waals surface area contributed by atoms with Gasteiger partial charge >= 0.3 is 0 Å². The average molecular weight is 481 g/mol. The summed E-state index contributed by atoms with van der Waals surface area (Å²) in [6.45, 7) is 8.29. The number of para-hydroxylation sites is 2. The van der Waals surface area contributed by atoms with Gasteiger partial charge in [-0.2, -0.15) is 5.10 Å². The molecule has 0 radical (unpaired) electrons. The van der Waals surface area contributed by atoms with Gasteiger partial charge in [0.1, 0.15) is 10.6 Å². The largest absolute Gasteiger partial charge is 0.492 e. The number of nitrogens with zero attached hydrogens (tertiary/aromatic N) is 3. The van der Waals surface area contributed by atoms with E-state index in [4.69, 9.17) is 21.4 Å². The first-order valence-electron chi connectivity index (χ1n) is 10.7. The second kappa shape index (κ2) is 9.77. The summed E-state index contributed by atoms with van der Waals surface area (Å²) in [5.41, 5.74) is 5.54. The van der Waals surface area contributed by atoms with Crippen molar-refractivity contribution in [3.63, 3.8) is 0 Å². The number of hydrogen-bond donors (Lipinski definition) is 1. The highest BCUT2D eigenvalue weighted by Crippen LogP contribution is 2.29. The third kappa shape index (κ3) is 4.94. The Morgan fingerprint density at radius 1 is 1.09 bits per heavy atom. The minimum Gasteiger partial charge on any atom is -0.492 e. The van der Waals surface area contributed by atoms with Crippen molar-refractivity contribution in [2.24, 2.45) is 0 Å². The number of hydrogen-bond acceptors (Lipinski definition) is 5. The van der Waals surface area contributed by atoms with Gasteiger partial charge < -0.3 is 10.1 Å². The number of carbonyl (C=O) groups excluding carboxylic acids is 1. The Morgan fingerprint density at radius 3 is 2.55 bits per heavy atom. The van der Waals surface area contributed by atoms with E-state index in [1.54, 1.807) is 0 Å². The summed E-state index contributed by atoms with van der Waals surface area (Å²) in [5.74, 6) is 0.424. The van der Waals surface area contributed by atoms with Gasteiger partial charge in [-0.3, -0.25) is 4.79 Å². The molecule has 0 bridgehead atoms. The fourth-order valence-corrected chi connectivity index (χ4v) is 4.73. The first-order valence-corrected chi connectivity index (χ1v) is 11.9. The minimum absolute atomic E-state index is 0.216. The van der Waals surface area contributed by atoms with Crippen LogP contribution in [0.3, 0.4) is 0 Å². The van der Waals surface area contributed by atoms with Gasteiger partial charge in [0.05, 0.1) is 23.7 Å². The second-order valence-electron chi connectivity index (χ2n) is 7.66. The number of anilines is 1. The van der Waals surface area contributed by atoms with E-state index in [-0.39, 0.29) is 5.91 Å². The molecule has 0 saturated carbocycles. The van der Waals surface area contributed by atoms with Crippen molar-refractivity contribution in [3.8, 4) is 10.9 Å². The van der Waals surface area contributed by atoms with Gasteiger partial charge in [-0.1, -0.05) is 47.2 Å². The number of carbonyl (C=O) groups is 1. The first kappa shape index (κ1) is 23.0. The molecular formula is C25H25ClN4O2S. The highest BCUT2D eigenvalue weighted by atomic mass is 35.5. The molecule has 170 valence electrons. The summed E-state index contributed by atoms with van der Waals surface area (Å²) < 4.78 is 7.44. The molecule has 4 rings (SSSR count). The van der Waals surface area contributed by atoms with Crippen LogP contribution < -0.4 is 10.1 Å². The predicted molar refractivity (Wildman–Crippen MR) is 133 cm³/mol. The molecule has 2 aromatic heterocycles. The van der Waals surface area contributed by atoms with Crippen LogP contribution in [0.5, 0.6) is 5.75 Å². The summed E-state index contributed by atoms with van der Waals surface area (Å²) in [5, 5.41) is 9.05. The van der Waals surface area contributed by atoms with Crippen LogP contribution in [0, 0.1) is 20.8 Å². The zero-order valence-corrected chi connectivity index (χ0v) is 20.5. The van der Waals surface area contributed by atoms with Crippen LogP contribution >= 0.6 is 22.9 Å². The number of amides is 1. The van der Waals surface area contributed by atoms with Crippen molar-refractivity contribution < 1.29 is 9.53 Å². The topological polar surface area (TPSA) is 69.0 Å². The smallest absolute Gasteiger partial charge is 0.267 e. The highest BCUT2D eigenvalue weighted by molar-refractivity contribution is 7.16. The van der Waals surface area contributed by atoms with E-state index >= 15 is 0 Å². The van der Waals surface area contributed by atoms with Crippen molar-refractivity contribution in [1.82, 2.24) is 14.8 Å². The lowest BCUT2D eigenvalue weighted by Crippen LogP contribution is -2.12. The van der Waals surface area contributed by atoms with Gasteiger partial charge in [-0.15, -0.1) is 0 Å². The fourth-order valence-electron chi connectivity index (χ4n) is 3.64. The number of nitrogens with one attached hydrogen (secondary N) is 1. The molecule has 0 aliphatic heterocycles. The Balaban J connectivity index is 1.60. The second-order valence-corrected chi connectivity index (χ2v) is 9.07. The van der Waals surface area contributed by atoms with Crippen LogP contribution in [0.2, 0.25) is 5.02 Å². The normalized spacial score (nSPS) is 10.9. The number of aryl methyl sites for hydroxylation is 2. The lowest BCUT2D eigenvalue weighted by Gasteiger charge is -2.10. The van der Waals surface area contributed by atoms with Gasteiger partial charge in [-0.05, 0) is 57.5 Å². The van der Waals surface area contributed by atoms with Crippen LogP contribution in [0.15, 0.2) is 48.5 Å². The Labute approximate surface area is 202 Å². The molecule has 0 aliphatic rings. The number of aromatic nitrogens is 3. The maximum Gasteiger partial charge on any atom is 0.267 e. The molecule has 2 aromatic carbocycles. The Morgan fingerprint density at radius 2 is 1.82 bits per heavy atom. The molecule has 2 heterocycles. The summed E-state index contributed by atoms with van der Waals surface area (Å²) in [6, 6.07) is 15.2. The summed E-state index contributed by atoms with van der Waals surface area (Å²) in [4.78, 5) is 18.2. The summed E-state index contributed by atoms with van der Waals surface area (Å²) in [7, 11) is 0. The zero-order valence-electron chi connectivity index (χ0n) is 19.0. The van der Waals surface area contributed by atoms with Gasteiger partial charge in [-0.25, -0.2) is 9.67 Å². The summed E-state index contributed by atoms with van der Waals surface area (Å²) in [6.07, 6.45) is 0.751. The van der Waals surface area contributed by atoms with Crippen LogP contribution in [0.25, 0.3) is 5.13 Å². The molecule has 0 spiro atoms. The monoisotopic (exact) mass is 480 g/mol. The first-order chi connectivity index (χ1) is 15.9. The molecule has 33 heavy (non-hydrogen) atoms. The standard InChI is InChI=1S/C25H25ClN4O2S/c1-5-32-22-9-7-6-8-21(22)28-24(31)23-16(3)27-25(33-23)30-17(4)20(15(2)29-30)14-18-10-12-19(26)13-11-18/h6-13H,5,14H2,1-4H3,(H,28,31).